The summed E-state index contributed by atoms with van der Waals surface area (Å²) < 4.78 is 0. The van der Waals surface area contributed by atoms with Gasteiger partial charge in [-0.05, 0) is 51.5 Å². The largest absolute Gasteiger partial charge is 0.480 e. The average Bonchev–Trinajstić information content (AvgIpc) is 2.28. The lowest BCUT2D eigenvalue weighted by Gasteiger charge is -2.45. The highest BCUT2D eigenvalue weighted by atomic mass is 35.5. The van der Waals surface area contributed by atoms with Gasteiger partial charge in [0.05, 0.1) is 5.54 Å². The monoisotopic (exact) mass is 279 g/mol. The number of carboxylic acids is 1. The van der Waals surface area contributed by atoms with Crippen molar-refractivity contribution in [1.82, 2.24) is 0 Å². The van der Waals surface area contributed by atoms with Gasteiger partial charge in [-0.25, -0.2) is 4.79 Å². The Hall–Kier alpha value is -1.48. The Kier molecular flexibility index (Phi) is 3.35. The van der Waals surface area contributed by atoms with E-state index in [1.807, 2.05) is 37.8 Å². The Labute approximate surface area is 118 Å². The van der Waals surface area contributed by atoms with Gasteiger partial charge in [0, 0.05) is 16.3 Å². The van der Waals surface area contributed by atoms with Crippen LogP contribution in [0.15, 0.2) is 24.3 Å². The topological polar surface area (TPSA) is 40.5 Å². The molecule has 2 rings (SSSR count). The summed E-state index contributed by atoms with van der Waals surface area (Å²) in [6, 6.07) is 4.99. The van der Waals surface area contributed by atoms with Crippen LogP contribution in [0.5, 0.6) is 0 Å². The molecule has 0 saturated carbocycles. The quantitative estimate of drug-likeness (QED) is 0.895. The zero-order chi connectivity index (χ0) is 14.4. The molecule has 0 aliphatic carbocycles. The molecule has 1 atom stereocenters. The zero-order valence-electron chi connectivity index (χ0n) is 11.6. The summed E-state index contributed by atoms with van der Waals surface area (Å²) in [6.07, 6.45) is 2.09. The number of benzene rings is 1. The fourth-order valence-corrected chi connectivity index (χ4v) is 3.01. The van der Waals surface area contributed by atoms with Crippen LogP contribution in [-0.2, 0) is 4.79 Å². The van der Waals surface area contributed by atoms with E-state index in [1.54, 1.807) is 13.0 Å². The lowest BCUT2D eigenvalue weighted by atomic mass is 9.87. The molecule has 0 fully saturated rings. The third-order valence-electron chi connectivity index (χ3n) is 3.58. The Bertz CT molecular complexity index is 563. The standard InChI is InChI=1S/C15H18ClNO2/c1-9-8-15(3,4)17(10(2)14(18)19)13-6-5-11(16)7-12(9)13/h5-8,10H,1-4H3,(H,18,19). The van der Waals surface area contributed by atoms with Crippen LogP contribution < -0.4 is 4.90 Å². The van der Waals surface area contributed by atoms with Crippen LogP contribution in [0.3, 0.4) is 0 Å². The lowest BCUT2D eigenvalue weighted by Crippen LogP contribution is -2.53. The van der Waals surface area contributed by atoms with Gasteiger partial charge in [0.1, 0.15) is 6.04 Å². The van der Waals surface area contributed by atoms with E-state index in [1.165, 1.54) is 0 Å². The van der Waals surface area contributed by atoms with Crippen LogP contribution in [0, 0.1) is 0 Å². The maximum Gasteiger partial charge on any atom is 0.326 e. The first-order valence-corrected chi connectivity index (χ1v) is 6.63. The first kappa shape index (κ1) is 13.9. The SMILES string of the molecule is CC1=CC(C)(C)N(C(C)C(=O)O)c2ccc(Cl)cc21. The molecule has 102 valence electrons. The van der Waals surface area contributed by atoms with Gasteiger partial charge in [-0.3, -0.25) is 0 Å². The minimum atomic E-state index is -0.832. The van der Waals surface area contributed by atoms with Crippen molar-refractivity contribution in [2.75, 3.05) is 4.90 Å². The summed E-state index contributed by atoms with van der Waals surface area (Å²) in [7, 11) is 0. The number of anilines is 1. The lowest BCUT2D eigenvalue weighted by molar-refractivity contribution is -0.138. The molecule has 1 aliphatic heterocycles. The summed E-state index contributed by atoms with van der Waals surface area (Å²) in [5.74, 6) is -0.832. The molecule has 1 aromatic rings. The number of nitrogens with zero attached hydrogens (tertiary/aromatic N) is 1. The van der Waals surface area contributed by atoms with Gasteiger partial charge in [-0.1, -0.05) is 17.7 Å². The summed E-state index contributed by atoms with van der Waals surface area (Å²) in [4.78, 5) is 13.3. The number of carboxylic acid groups (broad SMARTS) is 1. The maximum atomic E-state index is 11.4. The van der Waals surface area contributed by atoms with E-state index in [0.29, 0.717) is 5.02 Å². The van der Waals surface area contributed by atoms with Crippen LogP contribution >= 0.6 is 11.6 Å². The molecule has 1 aliphatic rings. The molecule has 0 radical (unpaired) electrons. The zero-order valence-corrected chi connectivity index (χ0v) is 12.3. The number of hydrogen-bond donors (Lipinski definition) is 1. The maximum absolute atomic E-state index is 11.4. The molecule has 0 bridgehead atoms. The van der Waals surface area contributed by atoms with Gasteiger partial charge in [0.2, 0.25) is 0 Å². The smallest absolute Gasteiger partial charge is 0.326 e. The summed E-state index contributed by atoms with van der Waals surface area (Å²) >= 11 is 6.04. The van der Waals surface area contributed by atoms with E-state index < -0.39 is 12.0 Å². The van der Waals surface area contributed by atoms with Gasteiger partial charge in [-0.15, -0.1) is 0 Å². The fraction of sp³-hybridized carbons (Fsp3) is 0.400. The van der Waals surface area contributed by atoms with Crippen LogP contribution in [0.4, 0.5) is 5.69 Å². The molecule has 1 unspecified atom stereocenters. The van der Waals surface area contributed by atoms with E-state index in [2.05, 4.69) is 6.08 Å². The van der Waals surface area contributed by atoms with Crippen molar-refractivity contribution in [3.8, 4) is 0 Å². The number of halogens is 1. The van der Waals surface area contributed by atoms with Crippen molar-refractivity contribution in [3.05, 3.63) is 34.9 Å². The Morgan fingerprint density at radius 2 is 2.05 bits per heavy atom. The molecule has 4 heteroatoms. The molecule has 3 nitrogen and oxygen atoms in total. The molecule has 0 amide bonds. The highest BCUT2D eigenvalue weighted by molar-refractivity contribution is 6.30. The third-order valence-corrected chi connectivity index (χ3v) is 3.81. The van der Waals surface area contributed by atoms with Gasteiger partial charge >= 0.3 is 5.97 Å². The molecule has 0 aromatic heterocycles. The first-order valence-electron chi connectivity index (χ1n) is 6.25. The van der Waals surface area contributed by atoms with Crippen molar-refractivity contribution in [3.63, 3.8) is 0 Å². The van der Waals surface area contributed by atoms with Crippen molar-refractivity contribution in [2.24, 2.45) is 0 Å². The van der Waals surface area contributed by atoms with E-state index >= 15 is 0 Å². The summed E-state index contributed by atoms with van der Waals surface area (Å²) in [6.45, 7) is 7.78. The predicted molar refractivity (Wildman–Crippen MR) is 78.8 cm³/mol. The second kappa shape index (κ2) is 4.57. The predicted octanol–water partition coefficient (Wildman–Crippen LogP) is 3.82. The first-order chi connectivity index (χ1) is 8.74. The second-order valence-corrected chi connectivity index (χ2v) is 5.96. The van der Waals surface area contributed by atoms with Crippen molar-refractivity contribution in [1.29, 1.82) is 0 Å². The van der Waals surface area contributed by atoms with Crippen LogP contribution in [-0.4, -0.2) is 22.7 Å². The molecule has 19 heavy (non-hydrogen) atoms. The minimum Gasteiger partial charge on any atom is -0.480 e. The van der Waals surface area contributed by atoms with E-state index in [9.17, 15) is 9.90 Å². The number of hydrogen-bond acceptors (Lipinski definition) is 2. The fourth-order valence-electron chi connectivity index (χ4n) is 2.84. The van der Waals surface area contributed by atoms with Gasteiger partial charge in [0.15, 0.2) is 0 Å². The number of allylic oxidation sites excluding steroid dienone is 1. The number of rotatable bonds is 2. The average molecular weight is 280 g/mol. The highest BCUT2D eigenvalue weighted by Gasteiger charge is 2.37. The van der Waals surface area contributed by atoms with Gasteiger partial charge in [-0.2, -0.15) is 0 Å². The van der Waals surface area contributed by atoms with Crippen LogP contribution in [0.2, 0.25) is 5.02 Å². The van der Waals surface area contributed by atoms with Crippen molar-refractivity contribution in [2.45, 2.75) is 39.3 Å². The number of aliphatic carboxylic acids is 1. The Morgan fingerprint density at radius 1 is 1.42 bits per heavy atom. The minimum absolute atomic E-state index is 0.345. The van der Waals surface area contributed by atoms with Crippen LogP contribution in [0.1, 0.15) is 33.3 Å². The van der Waals surface area contributed by atoms with E-state index in [-0.39, 0.29) is 5.54 Å². The van der Waals surface area contributed by atoms with E-state index in [4.69, 9.17) is 11.6 Å². The number of fused-ring (bicyclic) bond motifs is 1. The van der Waals surface area contributed by atoms with Crippen molar-refractivity contribution >= 4 is 28.8 Å². The van der Waals surface area contributed by atoms with E-state index in [0.717, 1.165) is 16.8 Å². The van der Waals surface area contributed by atoms with Crippen molar-refractivity contribution < 1.29 is 9.90 Å². The molecule has 1 N–H and O–H groups in total. The Balaban J connectivity index is 2.64. The second-order valence-electron chi connectivity index (χ2n) is 5.53. The molecule has 1 aromatic carbocycles. The summed E-state index contributed by atoms with van der Waals surface area (Å²) in [5, 5.41) is 9.99. The molecule has 1 heterocycles. The van der Waals surface area contributed by atoms with Gasteiger partial charge < -0.3 is 10.0 Å². The third kappa shape index (κ3) is 2.35. The molecule has 0 saturated heterocycles. The number of carbonyl (C=O) groups is 1. The molecular formula is C15H18ClNO2. The van der Waals surface area contributed by atoms with Crippen LogP contribution in [0.25, 0.3) is 5.57 Å². The Morgan fingerprint density at radius 3 is 2.63 bits per heavy atom. The summed E-state index contributed by atoms with van der Waals surface area (Å²) in [5.41, 5.74) is 2.70. The highest BCUT2D eigenvalue weighted by Crippen LogP contribution is 2.41. The molecule has 0 spiro atoms. The normalized spacial score (nSPS) is 18.6. The molecular weight excluding hydrogens is 262 g/mol. The van der Waals surface area contributed by atoms with Gasteiger partial charge in [0.25, 0.3) is 0 Å².